The molecule has 0 saturated carbocycles. The summed E-state index contributed by atoms with van der Waals surface area (Å²) in [5.41, 5.74) is -0.881. The maximum Gasteiger partial charge on any atom is 0.410 e. The van der Waals surface area contributed by atoms with Gasteiger partial charge < -0.3 is 19.9 Å². The van der Waals surface area contributed by atoms with Gasteiger partial charge in [0, 0.05) is 19.2 Å². The lowest BCUT2D eigenvalue weighted by Crippen LogP contribution is -2.61. The zero-order chi connectivity index (χ0) is 15.6. The van der Waals surface area contributed by atoms with E-state index < -0.39 is 17.6 Å². The van der Waals surface area contributed by atoms with E-state index in [4.69, 9.17) is 4.74 Å². The summed E-state index contributed by atoms with van der Waals surface area (Å²) in [4.78, 5) is 42.3. The molecule has 8 heteroatoms. The van der Waals surface area contributed by atoms with Crippen LogP contribution in [0.15, 0.2) is 17.2 Å². The molecule has 114 valence electrons. The number of H-pyrrole nitrogens is 1. The number of rotatable bonds is 2. The number of amides is 2. The number of aromatic nitrogens is 2. The molecule has 2 amide bonds. The fourth-order valence-electron chi connectivity index (χ4n) is 1.80. The Labute approximate surface area is 121 Å². The average Bonchev–Trinajstić information content (AvgIpc) is 2.30. The van der Waals surface area contributed by atoms with Crippen LogP contribution in [0.1, 0.15) is 31.3 Å². The zero-order valence-corrected chi connectivity index (χ0v) is 12.2. The van der Waals surface area contributed by atoms with Gasteiger partial charge in [-0.3, -0.25) is 9.59 Å². The summed E-state index contributed by atoms with van der Waals surface area (Å²) in [5, 5.41) is 2.70. The molecular weight excluding hydrogens is 276 g/mol. The minimum absolute atomic E-state index is 0.0504. The molecule has 1 aliphatic rings. The fraction of sp³-hybridized carbons (Fsp3) is 0.538. The lowest BCUT2D eigenvalue weighted by Gasteiger charge is -2.39. The molecule has 0 aromatic carbocycles. The van der Waals surface area contributed by atoms with Crippen molar-refractivity contribution in [2.45, 2.75) is 32.4 Å². The summed E-state index contributed by atoms with van der Waals surface area (Å²) >= 11 is 0. The Hall–Kier alpha value is -2.38. The molecule has 0 aliphatic carbocycles. The topological polar surface area (TPSA) is 104 Å². The summed E-state index contributed by atoms with van der Waals surface area (Å²) in [7, 11) is 0. The predicted molar refractivity (Wildman–Crippen MR) is 73.9 cm³/mol. The molecule has 2 rings (SSSR count). The molecular formula is C13H18N4O4. The SMILES string of the molecule is CC(C)(C)OC(=O)N1CC(NC(=O)c2cc(=O)[nH]cn2)C1. The van der Waals surface area contributed by atoms with Crippen molar-refractivity contribution >= 4 is 12.0 Å². The first kappa shape index (κ1) is 15.0. The van der Waals surface area contributed by atoms with Gasteiger partial charge in [0.05, 0.1) is 12.4 Å². The first-order valence-corrected chi connectivity index (χ1v) is 6.58. The van der Waals surface area contributed by atoms with E-state index in [0.717, 1.165) is 6.07 Å². The van der Waals surface area contributed by atoms with Crippen LogP contribution in [0.5, 0.6) is 0 Å². The summed E-state index contributed by atoms with van der Waals surface area (Å²) in [5.74, 6) is -0.435. The molecule has 1 aromatic heterocycles. The number of aromatic amines is 1. The standard InChI is InChI=1S/C13H18N4O4/c1-13(2,3)21-12(20)17-5-8(6-17)16-11(19)9-4-10(18)15-7-14-9/h4,7-8H,5-6H2,1-3H3,(H,16,19)(H,14,15,18). The molecule has 1 saturated heterocycles. The lowest BCUT2D eigenvalue weighted by atomic mass is 10.1. The van der Waals surface area contributed by atoms with Gasteiger partial charge >= 0.3 is 6.09 Å². The van der Waals surface area contributed by atoms with Crippen LogP contribution in [0.3, 0.4) is 0 Å². The Balaban J connectivity index is 1.82. The van der Waals surface area contributed by atoms with E-state index in [0.29, 0.717) is 13.1 Å². The van der Waals surface area contributed by atoms with Crippen LogP contribution in [0, 0.1) is 0 Å². The van der Waals surface area contributed by atoms with Gasteiger partial charge in [-0.05, 0) is 20.8 Å². The van der Waals surface area contributed by atoms with Crippen LogP contribution < -0.4 is 10.9 Å². The van der Waals surface area contributed by atoms with E-state index in [1.54, 1.807) is 20.8 Å². The van der Waals surface area contributed by atoms with Crippen LogP contribution in [0.2, 0.25) is 0 Å². The summed E-state index contributed by atoms with van der Waals surface area (Å²) in [6, 6.07) is 0.964. The van der Waals surface area contributed by atoms with E-state index in [1.807, 2.05) is 0 Å². The number of ether oxygens (including phenoxy) is 1. The molecule has 1 aliphatic heterocycles. The first-order valence-electron chi connectivity index (χ1n) is 6.58. The van der Waals surface area contributed by atoms with Gasteiger partial charge in [-0.2, -0.15) is 0 Å². The Kier molecular flexibility index (Phi) is 3.97. The molecule has 0 radical (unpaired) electrons. The Bertz CT molecular complexity index is 599. The third-order valence-electron chi connectivity index (χ3n) is 2.78. The van der Waals surface area contributed by atoms with Crippen molar-refractivity contribution in [3.8, 4) is 0 Å². The van der Waals surface area contributed by atoms with Crippen LogP contribution >= 0.6 is 0 Å². The maximum absolute atomic E-state index is 11.8. The van der Waals surface area contributed by atoms with Gasteiger partial charge in [-0.15, -0.1) is 0 Å². The molecule has 0 spiro atoms. The number of likely N-dealkylation sites (tertiary alicyclic amines) is 1. The lowest BCUT2D eigenvalue weighted by molar-refractivity contribution is 0.00531. The van der Waals surface area contributed by atoms with Crippen molar-refractivity contribution in [3.05, 3.63) is 28.4 Å². The first-order chi connectivity index (χ1) is 9.74. The Morgan fingerprint density at radius 2 is 2.10 bits per heavy atom. The van der Waals surface area contributed by atoms with Crippen molar-refractivity contribution in [2.24, 2.45) is 0 Å². The summed E-state index contributed by atoms with van der Waals surface area (Å²) < 4.78 is 5.21. The van der Waals surface area contributed by atoms with Crippen molar-refractivity contribution in [2.75, 3.05) is 13.1 Å². The number of hydrogen-bond acceptors (Lipinski definition) is 5. The average molecular weight is 294 g/mol. The molecule has 0 atom stereocenters. The molecule has 1 fully saturated rings. The molecule has 1 aromatic rings. The monoisotopic (exact) mass is 294 g/mol. The molecule has 8 nitrogen and oxygen atoms in total. The summed E-state index contributed by atoms with van der Waals surface area (Å²) in [6.45, 7) is 6.14. The zero-order valence-electron chi connectivity index (χ0n) is 12.2. The smallest absolute Gasteiger partial charge is 0.410 e. The Morgan fingerprint density at radius 3 is 2.67 bits per heavy atom. The fourth-order valence-corrected chi connectivity index (χ4v) is 1.80. The number of nitrogens with zero attached hydrogens (tertiary/aromatic N) is 2. The molecule has 0 bridgehead atoms. The highest BCUT2D eigenvalue weighted by Gasteiger charge is 2.34. The van der Waals surface area contributed by atoms with Gasteiger partial charge in [0.1, 0.15) is 11.3 Å². The second-order valence-corrected chi connectivity index (χ2v) is 5.85. The van der Waals surface area contributed by atoms with Crippen LogP contribution in [0.25, 0.3) is 0 Å². The van der Waals surface area contributed by atoms with Crippen LogP contribution in [0.4, 0.5) is 4.79 Å². The maximum atomic E-state index is 11.8. The van der Waals surface area contributed by atoms with E-state index in [9.17, 15) is 14.4 Å². The number of hydrogen-bond donors (Lipinski definition) is 2. The number of nitrogens with one attached hydrogen (secondary N) is 2. The van der Waals surface area contributed by atoms with Crippen molar-refractivity contribution in [3.63, 3.8) is 0 Å². The van der Waals surface area contributed by atoms with Gasteiger partial charge in [-0.25, -0.2) is 9.78 Å². The number of carbonyl (C=O) groups excluding carboxylic acids is 2. The predicted octanol–water partition coefficient (Wildman–Crippen LogP) is 0.119. The van der Waals surface area contributed by atoms with Crippen molar-refractivity contribution in [1.29, 1.82) is 0 Å². The van der Waals surface area contributed by atoms with E-state index in [-0.39, 0.29) is 17.3 Å². The third kappa shape index (κ3) is 4.04. The van der Waals surface area contributed by atoms with Crippen LogP contribution in [-0.4, -0.2) is 51.6 Å². The number of carbonyl (C=O) groups is 2. The highest BCUT2D eigenvalue weighted by atomic mass is 16.6. The third-order valence-corrected chi connectivity index (χ3v) is 2.78. The van der Waals surface area contributed by atoms with E-state index in [2.05, 4.69) is 15.3 Å². The van der Waals surface area contributed by atoms with Gasteiger partial charge in [0.2, 0.25) is 0 Å². The van der Waals surface area contributed by atoms with Gasteiger partial charge in [0.25, 0.3) is 11.5 Å². The minimum Gasteiger partial charge on any atom is -0.444 e. The van der Waals surface area contributed by atoms with Gasteiger partial charge in [-0.1, -0.05) is 0 Å². The normalized spacial score (nSPS) is 15.3. The second-order valence-electron chi connectivity index (χ2n) is 5.85. The molecule has 2 heterocycles. The highest BCUT2D eigenvalue weighted by Crippen LogP contribution is 2.15. The Morgan fingerprint density at radius 1 is 1.43 bits per heavy atom. The largest absolute Gasteiger partial charge is 0.444 e. The quantitative estimate of drug-likeness (QED) is 0.806. The van der Waals surface area contributed by atoms with Gasteiger partial charge in [0.15, 0.2) is 0 Å². The summed E-state index contributed by atoms with van der Waals surface area (Å²) in [6.07, 6.45) is 0.771. The van der Waals surface area contributed by atoms with Crippen molar-refractivity contribution < 1.29 is 14.3 Å². The van der Waals surface area contributed by atoms with E-state index in [1.165, 1.54) is 11.2 Å². The minimum atomic E-state index is -0.541. The van der Waals surface area contributed by atoms with Crippen molar-refractivity contribution in [1.82, 2.24) is 20.2 Å². The van der Waals surface area contributed by atoms with Crippen LogP contribution in [-0.2, 0) is 4.74 Å². The van der Waals surface area contributed by atoms with E-state index >= 15 is 0 Å². The molecule has 21 heavy (non-hydrogen) atoms. The molecule has 2 N–H and O–H groups in total. The highest BCUT2D eigenvalue weighted by molar-refractivity contribution is 5.92. The second kappa shape index (κ2) is 5.55. The molecule has 0 unspecified atom stereocenters.